The summed E-state index contributed by atoms with van der Waals surface area (Å²) in [6.45, 7) is -0.577. The van der Waals surface area contributed by atoms with Gasteiger partial charge in [0.15, 0.2) is 0 Å². The lowest BCUT2D eigenvalue weighted by Gasteiger charge is -2.27. The van der Waals surface area contributed by atoms with Gasteiger partial charge in [0, 0.05) is 24.4 Å². The third-order valence-corrected chi connectivity index (χ3v) is 5.46. The van der Waals surface area contributed by atoms with Crippen LogP contribution in [0, 0.1) is 0 Å². The van der Waals surface area contributed by atoms with E-state index in [0.717, 1.165) is 10.4 Å². The van der Waals surface area contributed by atoms with Crippen LogP contribution in [0.3, 0.4) is 0 Å². The molecule has 1 aromatic carbocycles. The van der Waals surface area contributed by atoms with Crippen LogP contribution in [0.5, 0.6) is 0 Å². The van der Waals surface area contributed by atoms with Crippen molar-refractivity contribution in [2.75, 3.05) is 18.8 Å². The largest absolute Gasteiger partial charge is 0.412 e. The Morgan fingerprint density at radius 3 is 2.43 bits per heavy atom. The van der Waals surface area contributed by atoms with Gasteiger partial charge in [-0.15, -0.1) is 0 Å². The summed E-state index contributed by atoms with van der Waals surface area (Å²) in [4.78, 5) is -0.165. The highest BCUT2D eigenvalue weighted by molar-refractivity contribution is 7.89. The number of rotatable bonds is 2. The second kappa shape index (κ2) is 5.51. The maximum absolute atomic E-state index is 12.5. The minimum atomic E-state index is -4.42. The average molecular weight is 341 g/mol. The molecule has 9 heteroatoms. The van der Waals surface area contributed by atoms with Crippen LogP contribution in [0.15, 0.2) is 34.7 Å². The molecule has 2 N–H and O–H groups in total. The van der Waals surface area contributed by atoms with Crippen molar-refractivity contribution in [2.24, 2.45) is 0 Å². The number of hydrogen-bond donors (Lipinski definition) is 1. The number of hydrogen-bond acceptors (Lipinski definition) is 3. The molecule has 0 aromatic heterocycles. The fourth-order valence-corrected chi connectivity index (χ4v) is 3.90. The van der Waals surface area contributed by atoms with Gasteiger partial charge in [-0.2, -0.15) is 17.5 Å². The number of sulfonamides is 1. The molecule has 0 saturated carbocycles. The Hall–Kier alpha value is -1.25. The molecule has 0 fully saturated rings. The number of nitrogens with zero attached hydrogens (tertiary/aromatic N) is 1. The molecular weight excluding hydrogens is 329 g/mol. The molecule has 0 unspecified atom stereocenters. The quantitative estimate of drug-likeness (QED) is 0.665. The first kappa shape index (κ1) is 16.1. The van der Waals surface area contributed by atoms with Crippen molar-refractivity contribution >= 4 is 27.3 Å². The molecular formula is C12H12ClF3N2O2S. The lowest BCUT2D eigenvalue weighted by atomic mass is 10.1. The number of halogens is 4. The zero-order valence-corrected chi connectivity index (χ0v) is 12.3. The smallest absolute Gasteiger partial charge is 0.399 e. The van der Waals surface area contributed by atoms with E-state index in [1.807, 2.05) is 0 Å². The van der Waals surface area contributed by atoms with Gasteiger partial charge in [0.25, 0.3) is 0 Å². The summed E-state index contributed by atoms with van der Waals surface area (Å²) in [6.07, 6.45) is -3.92. The third kappa shape index (κ3) is 3.33. The molecule has 4 nitrogen and oxygen atoms in total. The molecule has 0 amide bonds. The monoisotopic (exact) mass is 340 g/mol. The molecule has 116 valence electrons. The Morgan fingerprint density at radius 1 is 1.29 bits per heavy atom. The number of alkyl halides is 3. The van der Waals surface area contributed by atoms with E-state index >= 15 is 0 Å². The Bertz CT molecular complexity index is 686. The van der Waals surface area contributed by atoms with E-state index in [1.54, 1.807) is 0 Å². The first-order chi connectivity index (χ1) is 9.62. The van der Waals surface area contributed by atoms with Crippen LogP contribution >= 0.6 is 11.6 Å². The van der Waals surface area contributed by atoms with Gasteiger partial charge >= 0.3 is 6.18 Å². The van der Waals surface area contributed by atoms with Gasteiger partial charge in [0.2, 0.25) is 10.0 Å². The van der Waals surface area contributed by atoms with E-state index in [2.05, 4.69) is 0 Å². The standard InChI is InChI=1S/C12H12ClF3N2O2S/c13-10-7-9(17)1-2-11(10)21(19,20)18-5-3-8(4-6-18)12(14,15)16/h1-3,7H,4-6,17H2. The number of nitrogen functional groups attached to an aromatic ring is 1. The number of nitrogens with two attached hydrogens (primary N) is 1. The SMILES string of the molecule is Nc1ccc(S(=O)(=O)N2CC=C(C(F)(F)F)CC2)c(Cl)c1. The van der Waals surface area contributed by atoms with E-state index in [4.69, 9.17) is 17.3 Å². The van der Waals surface area contributed by atoms with Gasteiger partial charge in [0.05, 0.1) is 5.02 Å². The Kier molecular flexibility index (Phi) is 4.23. The van der Waals surface area contributed by atoms with Crippen molar-refractivity contribution in [3.05, 3.63) is 34.9 Å². The molecule has 1 aromatic rings. The van der Waals surface area contributed by atoms with Crippen LogP contribution in [0.1, 0.15) is 6.42 Å². The van der Waals surface area contributed by atoms with Crippen LogP contribution in [0.2, 0.25) is 5.02 Å². The minimum Gasteiger partial charge on any atom is -0.399 e. The summed E-state index contributed by atoms with van der Waals surface area (Å²) in [5.41, 5.74) is 5.08. The van der Waals surface area contributed by atoms with Gasteiger partial charge in [0.1, 0.15) is 4.90 Å². The molecule has 0 aliphatic carbocycles. The van der Waals surface area contributed by atoms with Crippen LogP contribution < -0.4 is 5.73 Å². The van der Waals surface area contributed by atoms with Gasteiger partial charge in [-0.25, -0.2) is 8.42 Å². The summed E-state index contributed by atoms with van der Waals surface area (Å²) in [6, 6.07) is 3.91. The van der Waals surface area contributed by atoms with Crippen molar-refractivity contribution in [2.45, 2.75) is 17.5 Å². The normalized spacial score (nSPS) is 17.6. The van der Waals surface area contributed by atoms with Crippen LogP contribution in [0.4, 0.5) is 18.9 Å². The van der Waals surface area contributed by atoms with Crippen LogP contribution in [-0.2, 0) is 10.0 Å². The number of benzene rings is 1. The first-order valence-electron chi connectivity index (χ1n) is 5.94. The highest BCUT2D eigenvalue weighted by atomic mass is 35.5. The molecule has 0 bridgehead atoms. The number of anilines is 1. The van der Waals surface area contributed by atoms with E-state index in [9.17, 15) is 21.6 Å². The third-order valence-electron chi connectivity index (χ3n) is 3.11. The second-order valence-electron chi connectivity index (χ2n) is 4.53. The van der Waals surface area contributed by atoms with Crippen LogP contribution in [-0.4, -0.2) is 32.0 Å². The summed E-state index contributed by atoms with van der Waals surface area (Å²) in [5.74, 6) is 0. The average Bonchev–Trinajstić information content (AvgIpc) is 2.37. The Labute approximate surface area is 125 Å². The minimum absolute atomic E-state index is 0.0550. The molecule has 1 aliphatic heterocycles. The highest BCUT2D eigenvalue weighted by Crippen LogP contribution is 2.33. The maximum atomic E-state index is 12.5. The van der Waals surface area contributed by atoms with Gasteiger partial charge in [-0.3, -0.25) is 0 Å². The fraction of sp³-hybridized carbons (Fsp3) is 0.333. The summed E-state index contributed by atoms with van der Waals surface area (Å²) < 4.78 is 63.3. The Morgan fingerprint density at radius 2 is 1.95 bits per heavy atom. The lowest BCUT2D eigenvalue weighted by Crippen LogP contribution is -2.36. The van der Waals surface area contributed by atoms with E-state index in [1.165, 1.54) is 18.2 Å². The Balaban J connectivity index is 2.29. The van der Waals surface area contributed by atoms with Crippen molar-refractivity contribution in [3.63, 3.8) is 0 Å². The molecule has 0 spiro atoms. The van der Waals surface area contributed by atoms with E-state index in [0.29, 0.717) is 5.69 Å². The molecule has 2 rings (SSSR count). The second-order valence-corrected chi connectivity index (χ2v) is 6.84. The van der Waals surface area contributed by atoms with Gasteiger partial charge in [-0.1, -0.05) is 17.7 Å². The van der Waals surface area contributed by atoms with E-state index < -0.39 is 21.8 Å². The summed E-state index contributed by atoms with van der Waals surface area (Å²) >= 11 is 5.85. The van der Waals surface area contributed by atoms with Crippen molar-refractivity contribution in [1.82, 2.24) is 4.31 Å². The van der Waals surface area contributed by atoms with Gasteiger partial charge in [-0.05, 0) is 24.6 Å². The zero-order valence-electron chi connectivity index (χ0n) is 10.7. The van der Waals surface area contributed by atoms with Crippen molar-refractivity contribution in [3.8, 4) is 0 Å². The topological polar surface area (TPSA) is 63.4 Å². The zero-order chi connectivity index (χ0) is 15.8. The maximum Gasteiger partial charge on any atom is 0.412 e. The predicted octanol–water partition coefficient (Wildman–Crippen LogP) is 2.81. The summed E-state index contributed by atoms with van der Waals surface area (Å²) in [5, 5.41) is -0.0550. The molecule has 0 saturated heterocycles. The predicted molar refractivity (Wildman–Crippen MR) is 73.4 cm³/mol. The molecule has 1 aliphatic rings. The molecule has 0 atom stereocenters. The molecule has 21 heavy (non-hydrogen) atoms. The lowest BCUT2D eigenvalue weighted by molar-refractivity contribution is -0.0953. The molecule has 0 radical (unpaired) electrons. The summed E-state index contributed by atoms with van der Waals surface area (Å²) in [7, 11) is -3.94. The highest BCUT2D eigenvalue weighted by Gasteiger charge is 2.37. The fourth-order valence-electron chi connectivity index (χ4n) is 1.99. The van der Waals surface area contributed by atoms with Crippen molar-refractivity contribution in [1.29, 1.82) is 0 Å². The van der Waals surface area contributed by atoms with E-state index in [-0.39, 0.29) is 29.4 Å². The molecule has 1 heterocycles. The van der Waals surface area contributed by atoms with Crippen LogP contribution in [0.25, 0.3) is 0 Å². The van der Waals surface area contributed by atoms with Crippen molar-refractivity contribution < 1.29 is 21.6 Å². The first-order valence-corrected chi connectivity index (χ1v) is 7.75. The van der Waals surface area contributed by atoms with Gasteiger partial charge < -0.3 is 5.73 Å².